The van der Waals surface area contributed by atoms with Crippen molar-refractivity contribution in [2.45, 2.75) is 18.9 Å². The minimum absolute atomic E-state index is 0.0718. The highest BCUT2D eigenvalue weighted by Crippen LogP contribution is 2.24. The summed E-state index contributed by atoms with van der Waals surface area (Å²) in [6.07, 6.45) is 2.46. The number of anilines is 1. The van der Waals surface area contributed by atoms with E-state index in [4.69, 9.17) is 5.73 Å². The summed E-state index contributed by atoms with van der Waals surface area (Å²) in [6, 6.07) is 17.7. The second-order valence-electron chi connectivity index (χ2n) is 6.01. The Morgan fingerprint density at radius 2 is 1.83 bits per heavy atom. The van der Waals surface area contributed by atoms with Crippen LogP contribution in [0.2, 0.25) is 0 Å². The molecule has 23 heavy (non-hydrogen) atoms. The van der Waals surface area contributed by atoms with Crippen molar-refractivity contribution in [3.63, 3.8) is 0 Å². The number of hydrogen-bond acceptors (Lipinski definition) is 3. The highest BCUT2D eigenvalue weighted by molar-refractivity contribution is 5.95. The molecule has 1 fully saturated rings. The van der Waals surface area contributed by atoms with Gasteiger partial charge in [-0.1, -0.05) is 36.4 Å². The highest BCUT2D eigenvalue weighted by atomic mass is 16.1. The Balaban J connectivity index is 1.70. The number of carbonyl (C=O) groups is 1. The molecule has 0 radical (unpaired) electrons. The van der Waals surface area contributed by atoms with E-state index in [0.717, 1.165) is 13.1 Å². The Labute approximate surface area is 137 Å². The highest BCUT2D eigenvalue weighted by Gasteiger charge is 2.23. The minimum Gasteiger partial charge on any atom is -0.399 e. The predicted molar refractivity (Wildman–Crippen MR) is 93.2 cm³/mol. The molecular formula is C19H23N3O. The van der Waals surface area contributed by atoms with Crippen molar-refractivity contribution in [1.82, 2.24) is 10.2 Å². The first-order valence-corrected chi connectivity index (χ1v) is 8.17. The molecule has 1 atom stereocenters. The average Bonchev–Trinajstić information content (AvgIpc) is 3.10. The van der Waals surface area contributed by atoms with Crippen LogP contribution in [0.4, 0.5) is 5.69 Å². The number of carbonyl (C=O) groups excluding carboxylic acids is 1. The summed E-state index contributed by atoms with van der Waals surface area (Å²) in [7, 11) is 0. The molecule has 2 aromatic carbocycles. The fraction of sp³-hybridized carbons (Fsp3) is 0.316. The van der Waals surface area contributed by atoms with E-state index in [2.05, 4.69) is 34.5 Å². The predicted octanol–water partition coefficient (Wildman–Crippen LogP) is 2.84. The molecule has 120 valence electrons. The first kappa shape index (κ1) is 15.6. The number of nitrogen functional groups attached to an aromatic ring is 1. The van der Waals surface area contributed by atoms with E-state index in [1.807, 2.05) is 6.07 Å². The lowest BCUT2D eigenvalue weighted by atomic mass is 10.1. The quantitative estimate of drug-likeness (QED) is 0.835. The maximum absolute atomic E-state index is 12.4. The number of nitrogens with one attached hydrogen (secondary N) is 1. The smallest absolute Gasteiger partial charge is 0.251 e. The summed E-state index contributed by atoms with van der Waals surface area (Å²) < 4.78 is 0. The molecule has 0 aliphatic carbocycles. The van der Waals surface area contributed by atoms with Gasteiger partial charge in [-0.05, 0) is 49.7 Å². The van der Waals surface area contributed by atoms with Crippen molar-refractivity contribution in [3.05, 3.63) is 65.7 Å². The van der Waals surface area contributed by atoms with E-state index in [-0.39, 0.29) is 11.9 Å². The lowest BCUT2D eigenvalue weighted by molar-refractivity contribution is 0.0938. The zero-order valence-corrected chi connectivity index (χ0v) is 13.2. The van der Waals surface area contributed by atoms with Crippen LogP contribution >= 0.6 is 0 Å². The number of likely N-dealkylation sites (tertiary alicyclic amines) is 1. The van der Waals surface area contributed by atoms with Crippen LogP contribution in [0.5, 0.6) is 0 Å². The van der Waals surface area contributed by atoms with Crippen LogP contribution in [-0.4, -0.2) is 30.4 Å². The van der Waals surface area contributed by atoms with E-state index in [1.54, 1.807) is 24.3 Å². The van der Waals surface area contributed by atoms with Gasteiger partial charge < -0.3 is 11.1 Å². The molecule has 4 nitrogen and oxygen atoms in total. The Bertz CT molecular complexity index is 651. The van der Waals surface area contributed by atoms with Gasteiger partial charge in [-0.25, -0.2) is 0 Å². The number of amides is 1. The fourth-order valence-electron chi connectivity index (χ4n) is 3.16. The van der Waals surface area contributed by atoms with Gasteiger partial charge in [-0.15, -0.1) is 0 Å². The minimum atomic E-state index is -0.0718. The largest absolute Gasteiger partial charge is 0.399 e. The SMILES string of the molecule is Nc1cccc(C(=O)NCC(c2ccccc2)N2CCCC2)c1. The molecule has 1 amide bonds. The summed E-state index contributed by atoms with van der Waals surface area (Å²) in [5.74, 6) is -0.0718. The molecule has 1 heterocycles. The van der Waals surface area contributed by atoms with Crippen molar-refractivity contribution in [3.8, 4) is 0 Å². The fourth-order valence-corrected chi connectivity index (χ4v) is 3.16. The molecule has 1 aliphatic rings. The standard InChI is InChI=1S/C19H23N3O/c20-17-10-6-9-16(13-17)19(23)21-14-18(22-11-4-5-12-22)15-7-2-1-3-8-15/h1-3,6-10,13,18H,4-5,11-12,14,20H2,(H,21,23). The van der Waals surface area contributed by atoms with Gasteiger partial charge in [-0.3, -0.25) is 9.69 Å². The van der Waals surface area contributed by atoms with Gasteiger partial charge in [0.1, 0.15) is 0 Å². The van der Waals surface area contributed by atoms with Gasteiger partial charge >= 0.3 is 0 Å². The third-order valence-electron chi connectivity index (χ3n) is 4.37. The maximum Gasteiger partial charge on any atom is 0.251 e. The van der Waals surface area contributed by atoms with E-state index in [0.29, 0.717) is 17.8 Å². The number of hydrogen-bond donors (Lipinski definition) is 2. The monoisotopic (exact) mass is 309 g/mol. The summed E-state index contributed by atoms with van der Waals surface area (Å²) in [5, 5.41) is 3.07. The van der Waals surface area contributed by atoms with Crippen molar-refractivity contribution >= 4 is 11.6 Å². The molecular weight excluding hydrogens is 286 g/mol. The van der Waals surface area contributed by atoms with Gasteiger partial charge in [0, 0.05) is 17.8 Å². The van der Waals surface area contributed by atoms with Gasteiger partial charge in [-0.2, -0.15) is 0 Å². The van der Waals surface area contributed by atoms with Crippen LogP contribution in [0.15, 0.2) is 54.6 Å². The Morgan fingerprint density at radius 3 is 2.52 bits per heavy atom. The van der Waals surface area contributed by atoms with Crippen molar-refractivity contribution in [2.75, 3.05) is 25.4 Å². The molecule has 0 spiro atoms. The number of benzene rings is 2. The maximum atomic E-state index is 12.4. The van der Waals surface area contributed by atoms with Crippen LogP contribution in [0.3, 0.4) is 0 Å². The van der Waals surface area contributed by atoms with Gasteiger partial charge in [0.25, 0.3) is 5.91 Å². The number of nitrogens with zero attached hydrogens (tertiary/aromatic N) is 1. The van der Waals surface area contributed by atoms with E-state index >= 15 is 0 Å². The van der Waals surface area contributed by atoms with Crippen LogP contribution in [-0.2, 0) is 0 Å². The molecule has 1 unspecified atom stereocenters. The van der Waals surface area contributed by atoms with Gasteiger partial charge in [0.15, 0.2) is 0 Å². The molecule has 0 bridgehead atoms. The normalized spacial score (nSPS) is 16.2. The molecule has 1 saturated heterocycles. The van der Waals surface area contributed by atoms with E-state index in [9.17, 15) is 4.79 Å². The van der Waals surface area contributed by atoms with Crippen LogP contribution in [0, 0.1) is 0 Å². The summed E-state index contributed by atoms with van der Waals surface area (Å²) >= 11 is 0. The first-order valence-electron chi connectivity index (χ1n) is 8.17. The van der Waals surface area contributed by atoms with Crippen LogP contribution < -0.4 is 11.1 Å². The lowest BCUT2D eigenvalue weighted by Crippen LogP contribution is -2.36. The summed E-state index contributed by atoms with van der Waals surface area (Å²) in [4.78, 5) is 14.8. The van der Waals surface area contributed by atoms with Crippen molar-refractivity contribution in [1.29, 1.82) is 0 Å². The van der Waals surface area contributed by atoms with Crippen molar-refractivity contribution in [2.24, 2.45) is 0 Å². The lowest BCUT2D eigenvalue weighted by Gasteiger charge is -2.28. The Hall–Kier alpha value is -2.33. The Kier molecular flexibility index (Phi) is 4.93. The van der Waals surface area contributed by atoms with E-state index in [1.165, 1.54) is 18.4 Å². The molecule has 3 N–H and O–H groups in total. The molecule has 0 aromatic heterocycles. The molecule has 3 rings (SSSR count). The molecule has 2 aromatic rings. The van der Waals surface area contributed by atoms with Crippen LogP contribution in [0.1, 0.15) is 34.8 Å². The molecule has 0 saturated carbocycles. The van der Waals surface area contributed by atoms with Crippen molar-refractivity contribution < 1.29 is 4.79 Å². The number of rotatable bonds is 5. The van der Waals surface area contributed by atoms with E-state index < -0.39 is 0 Å². The van der Waals surface area contributed by atoms with Gasteiger partial charge in [0.05, 0.1) is 6.04 Å². The zero-order valence-electron chi connectivity index (χ0n) is 13.2. The average molecular weight is 309 g/mol. The molecule has 4 heteroatoms. The third-order valence-corrected chi connectivity index (χ3v) is 4.37. The summed E-state index contributed by atoms with van der Waals surface area (Å²) in [5.41, 5.74) is 8.22. The summed E-state index contributed by atoms with van der Waals surface area (Å²) in [6.45, 7) is 2.79. The second-order valence-corrected chi connectivity index (χ2v) is 6.01. The molecule has 1 aliphatic heterocycles. The van der Waals surface area contributed by atoms with Gasteiger partial charge in [0.2, 0.25) is 0 Å². The Morgan fingerprint density at radius 1 is 1.09 bits per heavy atom. The second kappa shape index (κ2) is 7.29. The third kappa shape index (κ3) is 3.90. The topological polar surface area (TPSA) is 58.4 Å². The number of nitrogens with two attached hydrogens (primary N) is 1. The van der Waals surface area contributed by atoms with Crippen LogP contribution in [0.25, 0.3) is 0 Å². The zero-order chi connectivity index (χ0) is 16.1. The first-order chi connectivity index (χ1) is 11.2.